The molecule has 1 saturated heterocycles. The summed E-state index contributed by atoms with van der Waals surface area (Å²) in [6.07, 6.45) is -1.51. The second-order valence-corrected chi connectivity index (χ2v) is 9.71. The molecule has 0 bridgehead atoms. The van der Waals surface area contributed by atoms with Gasteiger partial charge in [0, 0.05) is 0 Å². The number of hydrogen-bond acceptors (Lipinski definition) is 3. The van der Waals surface area contributed by atoms with Crippen LogP contribution in [0.4, 0.5) is 4.39 Å². The minimum atomic E-state index is -1.04. The smallest absolute Gasteiger partial charge is 0.149 e. The molecule has 0 amide bonds. The Balaban J connectivity index is 1.52. The Labute approximate surface area is 167 Å². The van der Waals surface area contributed by atoms with Crippen molar-refractivity contribution in [3.8, 4) is 0 Å². The number of benzene rings is 2. The number of halogens is 2. The molecule has 3 rings (SSSR count). The first-order chi connectivity index (χ1) is 12.5. The zero-order valence-corrected chi connectivity index (χ0v) is 17.4. The predicted molar refractivity (Wildman–Crippen MR) is 110 cm³/mol. The zero-order valence-electron chi connectivity index (χ0n) is 15.0. The molecule has 1 unspecified atom stereocenters. The highest BCUT2D eigenvalue weighted by Crippen LogP contribution is 2.41. The van der Waals surface area contributed by atoms with Crippen molar-refractivity contribution < 1.29 is 13.9 Å². The number of aryl methyl sites for hydroxylation is 2. The van der Waals surface area contributed by atoms with Crippen molar-refractivity contribution in [2.75, 3.05) is 6.61 Å². The molecule has 5 heteroatoms. The van der Waals surface area contributed by atoms with Gasteiger partial charge in [0.2, 0.25) is 0 Å². The summed E-state index contributed by atoms with van der Waals surface area (Å²) in [7, 11) is 0. The molecule has 26 heavy (non-hydrogen) atoms. The van der Waals surface area contributed by atoms with Crippen LogP contribution in [0.3, 0.4) is 0 Å². The third-order valence-electron chi connectivity index (χ3n) is 4.47. The van der Waals surface area contributed by atoms with Crippen LogP contribution >= 0.6 is 27.7 Å². The van der Waals surface area contributed by atoms with Crippen molar-refractivity contribution in [3.63, 3.8) is 0 Å². The van der Waals surface area contributed by atoms with E-state index in [4.69, 9.17) is 9.47 Å². The Morgan fingerprint density at radius 1 is 0.923 bits per heavy atom. The lowest BCUT2D eigenvalue weighted by molar-refractivity contribution is -0.0179. The normalized spacial score (nSPS) is 25.5. The van der Waals surface area contributed by atoms with Gasteiger partial charge in [0.05, 0.1) is 29.2 Å². The molecule has 0 aromatic heterocycles. The number of alkyl halides is 2. The number of thioether (sulfide) groups is 1. The third kappa shape index (κ3) is 5.32. The average molecular weight is 439 g/mol. The Morgan fingerprint density at radius 2 is 1.46 bits per heavy atom. The summed E-state index contributed by atoms with van der Waals surface area (Å²) in [5, 5.41) is -0.0229. The van der Waals surface area contributed by atoms with Crippen molar-refractivity contribution in [2.45, 2.75) is 48.7 Å². The maximum atomic E-state index is 14.5. The van der Waals surface area contributed by atoms with E-state index in [9.17, 15) is 4.39 Å². The Morgan fingerprint density at radius 3 is 2.04 bits per heavy atom. The maximum Gasteiger partial charge on any atom is 0.149 e. The molecule has 0 radical (unpaired) electrons. The standard InChI is InChI=1S/C21H24BrFO2S/c1-14-3-7-16(8-4-14)11-24-13-18-20(19(23)21(22)26-18)25-12-17-9-5-15(2)6-10-17/h3-10,18-21H,11-13H2,1-2H3/t18-,19+,20-,21?/m1/s1. The van der Waals surface area contributed by atoms with E-state index in [0.717, 1.165) is 11.1 Å². The summed E-state index contributed by atoms with van der Waals surface area (Å²) in [5.41, 5.74) is 4.62. The van der Waals surface area contributed by atoms with Crippen LogP contribution in [0.2, 0.25) is 0 Å². The Kier molecular flexibility index (Phi) is 7.15. The van der Waals surface area contributed by atoms with Gasteiger partial charge in [-0.25, -0.2) is 4.39 Å². The predicted octanol–water partition coefficient (Wildman–Crippen LogP) is 5.58. The Bertz CT molecular complexity index is 692. The fraction of sp³-hybridized carbons (Fsp3) is 0.429. The highest BCUT2D eigenvalue weighted by atomic mass is 79.9. The second-order valence-electron chi connectivity index (χ2n) is 6.73. The number of hydrogen-bond donors (Lipinski definition) is 0. The van der Waals surface area contributed by atoms with Crippen molar-refractivity contribution in [2.24, 2.45) is 0 Å². The van der Waals surface area contributed by atoms with E-state index in [1.54, 1.807) is 11.8 Å². The molecular weight excluding hydrogens is 415 g/mol. The van der Waals surface area contributed by atoms with E-state index in [1.807, 2.05) is 31.2 Å². The zero-order chi connectivity index (χ0) is 18.5. The fourth-order valence-corrected chi connectivity index (χ4v) is 5.19. The largest absolute Gasteiger partial charge is 0.376 e. The van der Waals surface area contributed by atoms with Crippen molar-refractivity contribution in [1.82, 2.24) is 0 Å². The van der Waals surface area contributed by atoms with Gasteiger partial charge in [0.15, 0.2) is 0 Å². The van der Waals surface area contributed by atoms with E-state index >= 15 is 0 Å². The van der Waals surface area contributed by atoms with Gasteiger partial charge in [0.25, 0.3) is 0 Å². The molecule has 0 spiro atoms. The van der Waals surface area contributed by atoms with Gasteiger partial charge >= 0.3 is 0 Å². The summed E-state index contributed by atoms with van der Waals surface area (Å²) < 4.78 is 26.1. The molecule has 2 nitrogen and oxygen atoms in total. The molecule has 2 aromatic rings. The summed E-state index contributed by atoms with van der Waals surface area (Å²) in [4.78, 5) is 0. The van der Waals surface area contributed by atoms with Crippen LogP contribution in [0.15, 0.2) is 48.5 Å². The molecule has 0 aliphatic carbocycles. The fourth-order valence-electron chi connectivity index (χ4n) is 2.86. The quantitative estimate of drug-likeness (QED) is 0.525. The third-order valence-corrected chi connectivity index (χ3v) is 6.90. The van der Waals surface area contributed by atoms with Crippen molar-refractivity contribution in [1.29, 1.82) is 0 Å². The lowest BCUT2D eigenvalue weighted by Gasteiger charge is -2.21. The molecule has 1 aliphatic heterocycles. The topological polar surface area (TPSA) is 18.5 Å². The van der Waals surface area contributed by atoms with Crippen LogP contribution in [-0.4, -0.2) is 28.3 Å². The summed E-state index contributed by atoms with van der Waals surface area (Å²) in [6, 6.07) is 16.4. The number of ether oxygens (including phenoxy) is 2. The highest BCUT2D eigenvalue weighted by molar-refractivity contribution is 9.11. The van der Waals surface area contributed by atoms with Gasteiger partial charge in [-0.3, -0.25) is 0 Å². The number of rotatable bonds is 7. The van der Waals surface area contributed by atoms with E-state index in [2.05, 4.69) is 47.1 Å². The van der Waals surface area contributed by atoms with E-state index in [0.29, 0.717) is 19.8 Å². The molecule has 1 aliphatic rings. The van der Waals surface area contributed by atoms with Crippen molar-refractivity contribution >= 4 is 27.7 Å². The Hall–Kier alpha value is -0.880. The lowest BCUT2D eigenvalue weighted by Crippen LogP contribution is -2.33. The molecule has 2 aromatic carbocycles. The molecular formula is C21H24BrFO2S. The molecule has 140 valence electrons. The van der Waals surface area contributed by atoms with Crippen LogP contribution in [-0.2, 0) is 22.7 Å². The van der Waals surface area contributed by atoms with Gasteiger partial charge in [-0.2, -0.15) is 0 Å². The summed E-state index contributed by atoms with van der Waals surface area (Å²) >= 11 is 4.97. The molecule has 1 fully saturated rings. The first-order valence-electron chi connectivity index (χ1n) is 8.77. The second kappa shape index (κ2) is 9.36. The first-order valence-corrected chi connectivity index (χ1v) is 10.6. The minimum absolute atomic E-state index is 0.0229. The van der Waals surface area contributed by atoms with Crippen LogP contribution in [0.5, 0.6) is 0 Å². The summed E-state index contributed by atoms with van der Waals surface area (Å²) in [6.45, 7) is 5.53. The summed E-state index contributed by atoms with van der Waals surface area (Å²) in [5.74, 6) is 0. The molecule has 0 saturated carbocycles. The first kappa shape index (κ1) is 19.9. The molecule has 1 heterocycles. The van der Waals surface area contributed by atoms with Crippen LogP contribution in [0.25, 0.3) is 0 Å². The maximum absolute atomic E-state index is 14.5. The van der Waals surface area contributed by atoms with Gasteiger partial charge < -0.3 is 9.47 Å². The SMILES string of the molecule is Cc1ccc(COC[C@H]2SC(Br)[C@@H](F)[C@@H]2OCc2ccc(C)cc2)cc1. The minimum Gasteiger partial charge on any atom is -0.376 e. The molecule has 0 N–H and O–H groups in total. The van der Waals surface area contributed by atoms with Gasteiger partial charge in [0.1, 0.15) is 12.3 Å². The van der Waals surface area contributed by atoms with E-state index < -0.39 is 12.3 Å². The lowest BCUT2D eigenvalue weighted by atomic mass is 10.1. The van der Waals surface area contributed by atoms with Gasteiger partial charge in [-0.1, -0.05) is 75.6 Å². The van der Waals surface area contributed by atoms with Gasteiger partial charge in [-0.15, -0.1) is 11.8 Å². The van der Waals surface area contributed by atoms with E-state index in [1.165, 1.54) is 11.1 Å². The molecule has 4 atom stereocenters. The van der Waals surface area contributed by atoms with Crippen LogP contribution in [0.1, 0.15) is 22.3 Å². The van der Waals surface area contributed by atoms with E-state index in [-0.39, 0.29) is 9.41 Å². The van der Waals surface area contributed by atoms with Crippen LogP contribution in [0, 0.1) is 13.8 Å². The van der Waals surface area contributed by atoms with Crippen molar-refractivity contribution in [3.05, 3.63) is 70.8 Å². The highest BCUT2D eigenvalue weighted by Gasteiger charge is 2.44. The monoisotopic (exact) mass is 438 g/mol. The average Bonchev–Trinajstić information content (AvgIpc) is 2.90. The van der Waals surface area contributed by atoms with Gasteiger partial charge in [-0.05, 0) is 25.0 Å². The van der Waals surface area contributed by atoms with Crippen LogP contribution < -0.4 is 0 Å².